The lowest BCUT2D eigenvalue weighted by molar-refractivity contribution is -0.142. The summed E-state index contributed by atoms with van der Waals surface area (Å²) in [5.41, 5.74) is 1.04. The second-order valence-corrected chi connectivity index (χ2v) is 8.81. The van der Waals surface area contributed by atoms with Crippen molar-refractivity contribution in [1.29, 1.82) is 0 Å². The molecule has 0 amide bonds. The van der Waals surface area contributed by atoms with Gasteiger partial charge >= 0.3 is 5.97 Å². The summed E-state index contributed by atoms with van der Waals surface area (Å²) in [7, 11) is -3.96. The minimum Gasteiger partial charge on any atom is -0.480 e. The molecule has 3 rings (SSSR count). The maximum absolute atomic E-state index is 13.1. The van der Waals surface area contributed by atoms with Gasteiger partial charge in [0.2, 0.25) is 10.0 Å². The van der Waals surface area contributed by atoms with Gasteiger partial charge in [0.25, 0.3) is 0 Å². The Labute approximate surface area is 152 Å². The largest absolute Gasteiger partial charge is 0.480 e. The van der Waals surface area contributed by atoms with E-state index in [0.29, 0.717) is 17.6 Å². The van der Waals surface area contributed by atoms with Crippen LogP contribution in [0.2, 0.25) is 0 Å². The van der Waals surface area contributed by atoms with Gasteiger partial charge in [0, 0.05) is 0 Å². The third-order valence-electron chi connectivity index (χ3n) is 4.47. The Balaban J connectivity index is 1.95. The molecule has 26 heavy (non-hydrogen) atoms. The molecule has 0 saturated heterocycles. The predicted molar refractivity (Wildman–Crippen MR) is 93.9 cm³/mol. The van der Waals surface area contributed by atoms with Crippen molar-refractivity contribution in [3.8, 4) is 0 Å². The van der Waals surface area contributed by atoms with Crippen molar-refractivity contribution in [2.24, 2.45) is 5.92 Å². The van der Waals surface area contributed by atoms with Gasteiger partial charge in [0.05, 0.1) is 18.0 Å². The number of aryl methyl sites for hydroxylation is 1. The fourth-order valence-corrected chi connectivity index (χ4v) is 4.68. The van der Waals surface area contributed by atoms with Gasteiger partial charge in [-0.1, -0.05) is 26.0 Å². The summed E-state index contributed by atoms with van der Waals surface area (Å²) < 4.78 is 28.8. The SMILES string of the molecule is Cc1nnc2n1CC(C(=O)O)N(S(=O)(=O)c1ccc(CC(C)C)cc1)C2. The zero-order chi connectivity index (χ0) is 19.1. The van der Waals surface area contributed by atoms with E-state index < -0.39 is 22.0 Å². The van der Waals surface area contributed by atoms with Crippen LogP contribution in [0.1, 0.15) is 31.1 Å². The first kappa shape index (κ1) is 18.5. The lowest BCUT2D eigenvalue weighted by Gasteiger charge is -2.32. The van der Waals surface area contributed by atoms with Crippen molar-refractivity contribution in [3.05, 3.63) is 41.5 Å². The molecule has 2 heterocycles. The summed E-state index contributed by atoms with van der Waals surface area (Å²) in [4.78, 5) is 11.8. The second kappa shape index (κ2) is 6.81. The number of aliphatic carboxylic acids is 1. The molecule has 0 radical (unpaired) electrons. The maximum atomic E-state index is 13.1. The zero-order valence-electron chi connectivity index (χ0n) is 15.0. The van der Waals surface area contributed by atoms with Crippen molar-refractivity contribution in [2.45, 2.75) is 51.2 Å². The lowest BCUT2D eigenvalue weighted by atomic mass is 10.0. The minimum absolute atomic E-state index is 0.00579. The van der Waals surface area contributed by atoms with Gasteiger partial charge in [-0.3, -0.25) is 4.79 Å². The molecule has 140 valence electrons. The molecule has 1 aliphatic rings. The predicted octanol–water partition coefficient (Wildman–Crippen LogP) is 1.44. The quantitative estimate of drug-likeness (QED) is 0.844. The van der Waals surface area contributed by atoms with Crippen LogP contribution in [0.25, 0.3) is 0 Å². The number of carbonyl (C=O) groups is 1. The fraction of sp³-hybridized carbons (Fsp3) is 0.471. The topological polar surface area (TPSA) is 105 Å². The van der Waals surface area contributed by atoms with E-state index in [0.717, 1.165) is 16.3 Å². The number of aromatic nitrogens is 3. The number of fused-ring (bicyclic) bond motifs is 1. The summed E-state index contributed by atoms with van der Waals surface area (Å²) in [6.45, 7) is 5.77. The Bertz CT molecular complexity index is 919. The van der Waals surface area contributed by atoms with Crippen LogP contribution in [0, 0.1) is 12.8 Å². The normalized spacial score (nSPS) is 18.1. The van der Waals surface area contributed by atoms with Crippen LogP contribution in [0.4, 0.5) is 0 Å². The molecule has 1 aliphatic heterocycles. The molecular formula is C17H22N4O4S. The first-order valence-corrected chi connectivity index (χ1v) is 9.86. The summed E-state index contributed by atoms with van der Waals surface area (Å²) >= 11 is 0. The van der Waals surface area contributed by atoms with Crippen LogP contribution in [-0.2, 0) is 34.3 Å². The van der Waals surface area contributed by atoms with Crippen LogP contribution in [0.15, 0.2) is 29.2 Å². The van der Waals surface area contributed by atoms with Gasteiger partial charge < -0.3 is 9.67 Å². The highest BCUT2D eigenvalue weighted by Crippen LogP contribution is 2.26. The fourth-order valence-electron chi connectivity index (χ4n) is 3.15. The number of rotatable bonds is 5. The van der Waals surface area contributed by atoms with Gasteiger partial charge in [0.15, 0.2) is 0 Å². The second-order valence-electron chi connectivity index (χ2n) is 6.92. The Morgan fingerprint density at radius 2 is 1.92 bits per heavy atom. The van der Waals surface area contributed by atoms with Gasteiger partial charge in [0.1, 0.15) is 17.7 Å². The number of hydrogen-bond donors (Lipinski definition) is 1. The Morgan fingerprint density at radius 3 is 2.50 bits per heavy atom. The third-order valence-corrected chi connectivity index (χ3v) is 6.34. The summed E-state index contributed by atoms with van der Waals surface area (Å²) in [6.07, 6.45) is 0.851. The van der Waals surface area contributed by atoms with Gasteiger partial charge in [-0.2, -0.15) is 4.31 Å². The Morgan fingerprint density at radius 1 is 1.27 bits per heavy atom. The highest BCUT2D eigenvalue weighted by molar-refractivity contribution is 7.89. The van der Waals surface area contributed by atoms with Crippen molar-refractivity contribution >= 4 is 16.0 Å². The summed E-state index contributed by atoms with van der Waals surface area (Å²) in [5.74, 6) is 0.288. The smallest absolute Gasteiger partial charge is 0.323 e. The zero-order valence-corrected chi connectivity index (χ0v) is 15.8. The van der Waals surface area contributed by atoms with Crippen LogP contribution >= 0.6 is 0 Å². The summed E-state index contributed by atoms with van der Waals surface area (Å²) in [6, 6.07) is 5.43. The number of benzene rings is 1. The van der Waals surface area contributed by atoms with Crippen LogP contribution in [0.3, 0.4) is 0 Å². The van der Waals surface area contributed by atoms with Crippen molar-refractivity contribution in [2.75, 3.05) is 0 Å². The van der Waals surface area contributed by atoms with Crippen molar-refractivity contribution in [3.63, 3.8) is 0 Å². The van der Waals surface area contributed by atoms with Crippen LogP contribution in [-0.4, -0.2) is 44.6 Å². The van der Waals surface area contributed by atoms with Crippen molar-refractivity contribution in [1.82, 2.24) is 19.1 Å². The van der Waals surface area contributed by atoms with E-state index in [-0.39, 0.29) is 18.0 Å². The first-order chi connectivity index (χ1) is 12.2. The highest BCUT2D eigenvalue weighted by Gasteiger charge is 2.41. The van der Waals surface area contributed by atoms with Crippen LogP contribution < -0.4 is 0 Å². The minimum atomic E-state index is -3.96. The lowest BCUT2D eigenvalue weighted by Crippen LogP contribution is -2.50. The number of nitrogens with zero attached hydrogens (tertiary/aromatic N) is 4. The number of carboxylic acids is 1. The Kier molecular flexibility index (Phi) is 4.85. The molecule has 0 spiro atoms. The van der Waals surface area contributed by atoms with E-state index in [2.05, 4.69) is 24.0 Å². The molecular weight excluding hydrogens is 356 g/mol. The maximum Gasteiger partial charge on any atom is 0.323 e. The molecule has 1 atom stereocenters. The van der Waals surface area contributed by atoms with E-state index >= 15 is 0 Å². The number of sulfonamides is 1. The van der Waals surface area contributed by atoms with E-state index in [1.165, 1.54) is 12.1 Å². The van der Waals surface area contributed by atoms with Gasteiger partial charge in [-0.05, 0) is 37.0 Å². The van der Waals surface area contributed by atoms with E-state index in [9.17, 15) is 18.3 Å². The molecule has 8 nitrogen and oxygen atoms in total. The molecule has 2 aromatic rings. The molecule has 1 unspecified atom stereocenters. The third kappa shape index (κ3) is 3.36. The molecule has 9 heteroatoms. The van der Waals surface area contributed by atoms with E-state index in [1.807, 2.05) is 0 Å². The first-order valence-electron chi connectivity index (χ1n) is 8.42. The molecule has 0 saturated carbocycles. The monoisotopic (exact) mass is 378 g/mol. The molecule has 0 fully saturated rings. The molecule has 1 aromatic heterocycles. The molecule has 0 aliphatic carbocycles. The standard InChI is InChI=1S/C17H22N4O4S/c1-11(2)8-13-4-6-14(7-5-13)26(24,25)21-10-16-19-18-12(3)20(16)9-15(21)17(22)23/h4-7,11,15H,8-10H2,1-3H3,(H,22,23). The summed E-state index contributed by atoms with van der Waals surface area (Å²) in [5, 5.41) is 17.4. The van der Waals surface area contributed by atoms with Crippen molar-refractivity contribution < 1.29 is 18.3 Å². The van der Waals surface area contributed by atoms with E-state index in [1.54, 1.807) is 23.6 Å². The molecule has 0 bridgehead atoms. The van der Waals surface area contributed by atoms with Gasteiger partial charge in [-0.25, -0.2) is 8.42 Å². The van der Waals surface area contributed by atoms with Gasteiger partial charge in [-0.15, -0.1) is 10.2 Å². The van der Waals surface area contributed by atoms with Crippen LogP contribution in [0.5, 0.6) is 0 Å². The average molecular weight is 378 g/mol. The molecule has 1 aromatic carbocycles. The Hall–Kier alpha value is -2.26. The molecule has 1 N–H and O–H groups in total. The number of hydrogen-bond acceptors (Lipinski definition) is 5. The highest BCUT2D eigenvalue weighted by atomic mass is 32.2. The van der Waals surface area contributed by atoms with E-state index in [4.69, 9.17) is 0 Å². The average Bonchev–Trinajstić information content (AvgIpc) is 2.94. The number of carboxylic acid groups (broad SMARTS) is 1.